The van der Waals surface area contributed by atoms with Crippen LogP contribution < -0.4 is 5.32 Å². The van der Waals surface area contributed by atoms with Crippen molar-refractivity contribution in [1.29, 1.82) is 0 Å². The number of thioether (sulfide) groups is 1. The first-order valence-corrected chi connectivity index (χ1v) is 6.94. The molecule has 5 heteroatoms. The lowest BCUT2D eigenvalue weighted by Crippen LogP contribution is -2.34. The summed E-state index contributed by atoms with van der Waals surface area (Å²) in [6.45, 7) is 0.596. The Hall–Kier alpha value is -0.620. The van der Waals surface area contributed by atoms with E-state index in [0.29, 0.717) is 6.54 Å². The van der Waals surface area contributed by atoms with Crippen LogP contribution in [-0.4, -0.2) is 32.8 Å². The molecule has 1 heterocycles. The summed E-state index contributed by atoms with van der Waals surface area (Å²) in [5.41, 5.74) is 1.04. The van der Waals surface area contributed by atoms with E-state index in [1.807, 2.05) is 6.07 Å². The van der Waals surface area contributed by atoms with Gasteiger partial charge in [-0.05, 0) is 35.9 Å². The highest BCUT2D eigenvalue weighted by molar-refractivity contribution is 7.99. The van der Waals surface area contributed by atoms with Gasteiger partial charge in [0.15, 0.2) is 6.29 Å². The van der Waals surface area contributed by atoms with Crippen LogP contribution in [-0.2, 0) is 9.47 Å². The Morgan fingerprint density at radius 3 is 2.94 bits per heavy atom. The third kappa shape index (κ3) is 3.23. The molecule has 1 atom stereocenters. The Morgan fingerprint density at radius 2 is 2.22 bits per heavy atom. The highest BCUT2D eigenvalue weighted by atomic mass is 32.2. The summed E-state index contributed by atoms with van der Waals surface area (Å²) in [5, 5.41) is 3.38. The van der Waals surface area contributed by atoms with Gasteiger partial charge in [-0.2, -0.15) is 0 Å². The molecule has 3 nitrogen and oxygen atoms in total. The van der Waals surface area contributed by atoms with Crippen LogP contribution in [0, 0.1) is 5.82 Å². The number of hydrogen-bond donors (Lipinski definition) is 1. The first-order chi connectivity index (χ1) is 8.74. The molecule has 0 fully saturated rings. The van der Waals surface area contributed by atoms with Crippen molar-refractivity contribution in [2.45, 2.75) is 23.6 Å². The van der Waals surface area contributed by atoms with Crippen LogP contribution in [0.2, 0.25) is 0 Å². The standard InChI is InChI=1S/C13H18FNO2S/c1-16-13(17-2)8-15-11-5-6-18-12-4-3-9(14)7-10(11)12/h3-4,7,11,13,15H,5-6,8H2,1-2H3. The van der Waals surface area contributed by atoms with Crippen molar-refractivity contribution in [2.75, 3.05) is 26.5 Å². The fourth-order valence-electron chi connectivity index (χ4n) is 2.08. The number of nitrogens with one attached hydrogen (secondary N) is 1. The van der Waals surface area contributed by atoms with Crippen molar-refractivity contribution in [2.24, 2.45) is 0 Å². The summed E-state index contributed by atoms with van der Waals surface area (Å²) >= 11 is 1.78. The zero-order valence-electron chi connectivity index (χ0n) is 10.6. The Balaban J connectivity index is 2.05. The molecule has 18 heavy (non-hydrogen) atoms. The van der Waals surface area contributed by atoms with E-state index < -0.39 is 0 Å². The molecule has 0 aromatic heterocycles. The van der Waals surface area contributed by atoms with Gasteiger partial charge in [0.05, 0.1) is 0 Å². The van der Waals surface area contributed by atoms with Crippen molar-refractivity contribution < 1.29 is 13.9 Å². The third-order valence-electron chi connectivity index (χ3n) is 3.07. The quantitative estimate of drug-likeness (QED) is 0.834. The molecule has 0 bridgehead atoms. The fraction of sp³-hybridized carbons (Fsp3) is 0.538. The topological polar surface area (TPSA) is 30.5 Å². The molecule has 1 aliphatic heterocycles. The predicted octanol–water partition coefficient (Wildman–Crippen LogP) is 2.57. The van der Waals surface area contributed by atoms with E-state index in [0.717, 1.165) is 22.6 Å². The van der Waals surface area contributed by atoms with Crippen LogP contribution in [0.3, 0.4) is 0 Å². The molecular weight excluding hydrogens is 253 g/mol. The number of hydrogen-bond acceptors (Lipinski definition) is 4. The van der Waals surface area contributed by atoms with Gasteiger partial charge in [-0.25, -0.2) is 4.39 Å². The van der Waals surface area contributed by atoms with Crippen molar-refractivity contribution in [1.82, 2.24) is 5.32 Å². The van der Waals surface area contributed by atoms with Crippen LogP contribution in [0.1, 0.15) is 18.0 Å². The Kier molecular flexibility index (Phi) is 5.00. The maximum atomic E-state index is 13.3. The molecule has 1 aliphatic rings. The number of rotatable bonds is 5. The van der Waals surface area contributed by atoms with Crippen LogP contribution >= 0.6 is 11.8 Å². The lowest BCUT2D eigenvalue weighted by atomic mass is 10.0. The summed E-state index contributed by atoms with van der Waals surface area (Å²) in [6.07, 6.45) is 0.720. The van der Waals surface area contributed by atoms with Gasteiger partial charge in [0.25, 0.3) is 0 Å². The summed E-state index contributed by atoms with van der Waals surface area (Å²) < 4.78 is 23.6. The molecule has 0 saturated heterocycles. The summed E-state index contributed by atoms with van der Waals surface area (Å²) in [7, 11) is 3.22. The van der Waals surface area contributed by atoms with E-state index in [1.54, 1.807) is 32.0 Å². The van der Waals surface area contributed by atoms with E-state index in [1.165, 1.54) is 6.07 Å². The zero-order chi connectivity index (χ0) is 13.0. The molecule has 0 aliphatic carbocycles. The predicted molar refractivity (Wildman–Crippen MR) is 70.3 cm³/mol. The summed E-state index contributed by atoms with van der Waals surface area (Å²) in [6, 6.07) is 5.16. The lowest BCUT2D eigenvalue weighted by Gasteiger charge is -2.27. The van der Waals surface area contributed by atoms with Gasteiger partial charge in [0, 0.05) is 31.7 Å². The second kappa shape index (κ2) is 6.52. The average Bonchev–Trinajstić information content (AvgIpc) is 2.40. The highest BCUT2D eigenvalue weighted by Crippen LogP contribution is 2.36. The van der Waals surface area contributed by atoms with Crippen LogP contribution in [0.4, 0.5) is 4.39 Å². The van der Waals surface area contributed by atoms with E-state index in [-0.39, 0.29) is 18.1 Å². The first-order valence-electron chi connectivity index (χ1n) is 5.96. The van der Waals surface area contributed by atoms with Crippen LogP contribution in [0.15, 0.2) is 23.1 Å². The fourth-order valence-corrected chi connectivity index (χ4v) is 3.18. The molecular formula is C13H18FNO2S. The van der Waals surface area contributed by atoms with Crippen LogP contribution in [0.5, 0.6) is 0 Å². The number of ether oxygens (including phenoxy) is 2. The molecule has 0 radical (unpaired) electrons. The minimum atomic E-state index is -0.267. The zero-order valence-corrected chi connectivity index (χ0v) is 11.4. The molecule has 0 amide bonds. The van der Waals surface area contributed by atoms with Gasteiger partial charge < -0.3 is 14.8 Å². The third-order valence-corrected chi connectivity index (χ3v) is 4.19. The Labute approximate surface area is 111 Å². The molecule has 1 aromatic rings. The van der Waals surface area contributed by atoms with Crippen molar-refractivity contribution in [3.63, 3.8) is 0 Å². The highest BCUT2D eigenvalue weighted by Gasteiger charge is 2.21. The molecule has 0 spiro atoms. The lowest BCUT2D eigenvalue weighted by molar-refractivity contribution is -0.1000. The monoisotopic (exact) mass is 271 g/mol. The summed E-state index contributed by atoms with van der Waals surface area (Å²) in [5.74, 6) is 0.860. The second-order valence-electron chi connectivity index (χ2n) is 4.18. The SMILES string of the molecule is COC(CNC1CCSc2ccc(F)cc21)OC. The van der Waals surface area contributed by atoms with Gasteiger partial charge in [-0.3, -0.25) is 0 Å². The Morgan fingerprint density at radius 1 is 1.44 bits per heavy atom. The molecule has 1 N–H and O–H groups in total. The molecule has 0 saturated carbocycles. The van der Waals surface area contributed by atoms with Crippen molar-refractivity contribution in [3.05, 3.63) is 29.6 Å². The minimum absolute atomic E-state index is 0.171. The second-order valence-corrected chi connectivity index (χ2v) is 5.32. The first kappa shape index (κ1) is 13.8. The average molecular weight is 271 g/mol. The number of benzene rings is 1. The minimum Gasteiger partial charge on any atom is -0.355 e. The van der Waals surface area contributed by atoms with Gasteiger partial charge in [0.2, 0.25) is 0 Å². The molecule has 1 unspecified atom stereocenters. The van der Waals surface area contributed by atoms with E-state index in [2.05, 4.69) is 5.32 Å². The number of halogens is 1. The smallest absolute Gasteiger partial charge is 0.169 e. The number of methoxy groups -OCH3 is 2. The molecule has 100 valence electrons. The largest absolute Gasteiger partial charge is 0.355 e. The summed E-state index contributed by atoms with van der Waals surface area (Å²) in [4.78, 5) is 1.16. The van der Waals surface area contributed by atoms with Gasteiger partial charge in [0.1, 0.15) is 5.82 Å². The van der Waals surface area contributed by atoms with Crippen molar-refractivity contribution >= 4 is 11.8 Å². The maximum absolute atomic E-state index is 13.3. The molecule has 2 rings (SSSR count). The van der Waals surface area contributed by atoms with Crippen molar-refractivity contribution in [3.8, 4) is 0 Å². The van der Waals surface area contributed by atoms with Gasteiger partial charge in [-0.1, -0.05) is 0 Å². The van der Waals surface area contributed by atoms with E-state index in [9.17, 15) is 4.39 Å². The van der Waals surface area contributed by atoms with Gasteiger partial charge >= 0.3 is 0 Å². The van der Waals surface area contributed by atoms with E-state index >= 15 is 0 Å². The Bertz CT molecular complexity index is 399. The number of fused-ring (bicyclic) bond motifs is 1. The maximum Gasteiger partial charge on any atom is 0.169 e. The molecule has 1 aromatic carbocycles. The normalized spacial score (nSPS) is 19.0. The van der Waals surface area contributed by atoms with Gasteiger partial charge in [-0.15, -0.1) is 11.8 Å². The van der Waals surface area contributed by atoms with Crippen LogP contribution in [0.25, 0.3) is 0 Å². The van der Waals surface area contributed by atoms with E-state index in [4.69, 9.17) is 9.47 Å².